The van der Waals surface area contributed by atoms with Crippen LogP contribution in [0.25, 0.3) is 9.40 Å². The fourth-order valence-corrected chi connectivity index (χ4v) is 4.89. The van der Waals surface area contributed by atoms with Gasteiger partial charge in [0.25, 0.3) is 0 Å². The Hall–Kier alpha value is 0.125. The lowest BCUT2D eigenvalue weighted by Crippen LogP contribution is -2.41. The van der Waals surface area contributed by atoms with Gasteiger partial charge in [-0.1, -0.05) is 0 Å². The van der Waals surface area contributed by atoms with E-state index in [1.165, 1.54) is 13.2 Å². The number of rotatable bonds is 1. The van der Waals surface area contributed by atoms with E-state index in [2.05, 4.69) is 55.8 Å². The van der Waals surface area contributed by atoms with Crippen LogP contribution in [0.5, 0.6) is 0 Å². The monoisotopic (exact) mass is 344 g/mol. The molecule has 0 bridgehead atoms. The predicted octanol–water partition coefficient (Wildman–Crippen LogP) is 4.02. The standard InChI is InChI=1S/C12H14BBrO2S2/c1-11(2)12(3,4)16-13(15-11)9-5-7-8(17-9)6-10(14)18-7/h5-6H,1-4H3. The van der Waals surface area contributed by atoms with E-state index in [1.807, 2.05) is 0 Å². The zero-order valence-corrected chi connectivity index (χ0v) is 14.0. The second kappa shape index (κ2) is 4.06. The molecule has 0 atom stereocenters. The van der Waals surface area contributed by atoms with E-state index in [4.69, 9.17) is 9.31 Å². The van der Waals surface area contributed by atoms with Crippen LogP contribution in [-0.2, 0) is 9.31 Å². The number of hydrogen-bond donors (Lipinski definition) is 0. The van der Waals surface area contributed by atoms with Crippen molar-refractivity contribution in [2.24, 2.45) is 0 Å². The normalized spacial score (nSPS) is 21.9. The highest BCUT2D eigenvalue weighted by molar-refractivity contribution is 9.11. The van der Waals surface area contributed by atoms with Crippen molar-refractivity contribution >= 4 is 59.9 Å². The summed E-state index contributed by atoms with van der Waals surface area (Å²) in [6, 6.07) is 4.33. The zero-order chi connectivity index (χ0) is 13.1. The van der Waals surface area contributed by atoms with Crippen LogP contribution >= 0.6 is 38.6 Å². The molecule has 0 aromatic carbocycles. The number of fused-ring (bicyclic) bond motifs is 1. The van der Waals surface area contributed by atoms with Crippen LogP contribution in [0.2, 0.25) is 0 Å². The van der Waals surface area contributed by atoms with Crippen molar-refractivity contribution in [1.29, 1.82) is 0 Å². The van der Waals surface area contributed by atoms with Crippen molar-refractivity contribution < 1.29 is 9.31 Å². The minimum atomic E-state index is -0.268. The third-order valence-corrected chi connectivity index (χ3v) is 6.50. The molecule has 1 fully saturated rings. The fourth-order valence-electron chi connectivity index (χ4n) is 1.90. The first-order valence-corrected chi connectivity index (χ1v) is 8.25. The second-order valence-corrected chi connectivity index (χ2v) is 9.09. The highest BCUT2D eigenvalue weighted by Crippen LogP contribution is 2.38. The highest BCUT2D eigenvalue weighted by atomic mass is 79.9. The van der Waals surface area contributed by atoms with Crippen LogP contribution in [-0.4, -0.2) is 18.3 Å². The molecular formula is C12H14BBrO2S2. The first kappa shape index (κ1) is 13.1. The highest BCUT2D eigenvalue weighted by Gasteiger charge is 2.52. The summed E-state index contributed by atoms with van der Waals surface area (Å²) < 4.78 is 17.0. The molecule has 0 N–H and O–H groups in total. The van der Waals surface area contributed by atoms with Crippen molar-refractivity contribution in [2.45, 2.75) is 38.9 Å². The van der Waals surface area contributed by atoms with Gasteiger partial charge in [-0.2, -0.15) is 0 Å². The van der Waals surface area contributed by atoms with Crippen LogP contribution in [0, 0.1) is 0 Å². The van der Waals surface area contributed by atoms with E-state index in [0.29, 0.717) is 0 Å². The maximum Gasteiger partial charge on any atom is 0.505 e. The van der Waals surface area contributed by atoms with Gasteiger partial charge in [-0.25, -0.2) is 0 Å². The average molecular weight is 345 g/mol. The Morgan fingerprint density at radius 3 is 2.11 bits per heavy atom. The molecule has 0 amide bonds. The van der Waals surface area contributed by atoms with Crippen molar-refractivity contribution in [3.05, 3.63) is 15.9 Å². The van der Waals surface area contributed by atoms with Crippen molar-refractivity contribution in [3.8, 4) is 0 Å². The number of hydrogen-bond acceptors (Lipinski definition) is 4. The smallest absolute Gasteiger partial charge is 0.399 e. The summed E-state index contributed by atoms with van der Waals surface area (Å²) in [5.74, 6) is 0. The molecule has 0 spiro atoms. The second-order valence-electron chi connectivity index (χ2n) is 5.52. The molecule has 96 valence electrons. The summed E-state index contributed by atoms with van der Waals surface area (Å²) in [5.41, 5.74) is -0.536. The molecule has 2 aromatic rings. The van der Waals surface area contributed by atoms with Crippen LogP contribution in [0.1, 0.15) is 27.7 Å². The molecule has 6 heteroatoms. The van der Waals surface area contributed by atoms with Crippen molar-refractivity contribution in [1.82, 2.24) is 0 Å². The van der Waals surface area contributed by atoms with Gasteiger partial charge in [0, 0.05) is 14.2 Å². The van der Waals surface area contributed by atoms with E-state index in [9.17, 15) is 0 Å². The van der Waals surface area contributed by atoms with E-state index in [1.54, 1.807) is 22.7 Å². The van der Waals surface area contributed by atoms with Crippen molar-refractivity contribution in [2.75, 3.05) is 0 Å². The summed E-state index contributed by atoms with van der Waals surface area (Å²) in [4.78, 5) is 0. The molecule has 3 heterocycles. The van der Waals surface area contributed by atoms with Crippen LogP contribution < -0.4 is 4.78 Å². The van der Waals surface area contributed by atoms with E-state index < -0.39 is 0 Å². The molecule has 0 unspecified atom stereocenters. The van der Waals surface area contributed by atoms with Crippen LogP contribution in [0.3, 0.4) is 0 Å². The van der Waals surface area contributed by atoms with Gasteiger partial charge < -0.3 is 9.31 Å². The van der Waals surface area contributed by atoms with Gasteiger partial charge >= 0.3 is 7.12 Å². The molecule has 0 saturated carbocycles. The molecule has 1 aliphatic heterocycles. The summed E-state index contributed by atoms with van der Waals surface area (Å²) >= 11 is 7.01. The summed E-state index contributed by atoms with van der Waals surface area (Å²) in [6.07, 6.45) is 0. The maximum atomic E-state index is 6.06. The summed E-state index contributed by atoms with van der Waals surface area (Å²) in [7, 11) is -0.238. The minimum Gasteiger partial charge on any atom is -0.399 e. The van der Waals surface area contributed by atoms with E-state index in [0.717, 1.165) is 4.78 Å². The Balaban J connectivity index is 1.94. The van der Waals surface area contributed by atoms with Gasteiger partial charge in [-0.15, -0.1) is 22.7 Å². The van der Waals surface area contributed by atoms with Gasteiger partial charge in [0.05, 0.1) is 15.0 Å². The third kappa shape index (κ3) is 1.98. The molecule has 0 radical (unpaired) electrons. The SMILES string of the molecule is CC1(C)OB(c2cc3sc(Br)cc3s2)OC1(C)C. The molecule has 0 aliphatic carbocycles. The van der Waals surface area contributed by atoms with Gasteiger partial charge in [-0.3, -0.25) is 0 Å². The predicted molar refractivity (Wildman–Crippen MR) is 83.1 cm³/mol. The topological polar surface area (TPSA) is 18.5 Å². The van der Waals surface area contributed by atoms with E-state index in [-0.39, 0.29) is 18.3 Å². The Morgan fingerprint density at radius 1 is 1.00 bits per heavy atom. The Bertz CT molecular complexity index is 555. The molecule has 1 aliphatic rings. The lowest BCUT2D eigenvalue weighted by atomic mass is 9.88. The van der Waals surface area contributed by atoms with Crippen molar-refractivity contribution in [3.63, 3.8) is 0 Å². The Morgan fingerprint density at radius 2 is 1.56 bits per heavy atom. The Kier molecular flexibility index (Phi) is 2.96. The van der Waals surface area contributed by atoms with Gasteiger partial charge in [0.15, 0.2) is 0 Å². The molecule has 18 heavy (non-hydrogen) atoms. The molecular weight excluding hydrogens is 331 g/mol. The minimum absolute atomic E-state index is 0.238. The molecule has 2 nitrogen and oxygen atoms in total. The van der Waals surface area contributed by atoms with Gasteiger partial charge in [-0.05, 0) is 55.8 Å². The Labute approximate surface area is 124 Å². The summed E-state index contributed by atoms with van der Waals surface area (Å²) in [5, 5.41) is 0. The molecule has 3 rings (SSSR count). The third-order valence-electron chi connectivity index (χ3n) is 3.68. The van der Waals surface area contributed by atoms with Crippen LogP contribution in [0.15, 0.2) is 15.9 Å². The molecule has 1 saturated heterocycles. The zero-order valence-electron chi connectivity index (χ0n) is 10.7. The average Bonchev–Trinajstić information content (AvgIpc) is 2.77. The maximum absolute atomic E-state index is 6.06. The van der Waals surface area contributed by atoms with Crippen LogP contribution in [0.4, 0.5) is 0 Å². The first-order valence-electron chi connectivity index (χ1n) is 5.83. The number of thiophene rings is 2. The first-order chi connectivity index (χ1) is 8.28. The fraction of sp³-hybridized carbons (Fsp3) is 0.500. The van der Waals surface area contributed by atoms with Gasteiger partial charge in [0.1, 0.15) is 0 Å². The summed E-state index contributed by atoms with van der Waals surface area (Å²) in [6.45, 7) is 8.33. The lowest BCUT2D eigenvalue weighted by molar-refractivity contribution is 0.00578. The van der Waals surface area contributed by atoms with Gasteiger partial charge in [0.2, 0.25) is 0 Å². The number of halogens is 1. The van der Waals surface area contributed by atoms with E-state index >= 15 is 0 Å². The quantitative estimate of drug-likeness (QED) is 0.727. The largest absolute Gasteiger partial charge is 0.505 e. The molecule has 2 aromatic heterocycles. The lowest BCUT2D eigenvalue weighted by Gasteiger charge is -2.32.